The zero-order valence-electron chi connectivity index (χ0n) is 11.5. The van der Waals surface area contributed by atoms with E-state index in [9.17, 15) is 9.59 Å². The van der Waals surface area contributed by atoms with Gasteiger partial charge in [0.25, 0.3) is 5.91 Å². The van der Waals surface area contributed by atoms with Crippen LogP contribution in [0.2, 0.25) is 0 Å². The molecule has 0 aliphatic carbocycles. The van der Waals surface area contributed by atoms with E-state index in [1.165, 1.54) is 4.90 Å². The molecular formula is C14H20N2O3. The molecule has 0 aliphatic rings. The number of carbonyl (C=O) groups is 2. The molecule has 1 amide bonds. The van der Waals surface area contributed by atoms with Crippen LogP contribution in [0.3, 0.4) is 0 Å². The molecule has 0 unspecified atom stereocenters. The van der Waals surface area contributed by atoms with E-state index in [0.717, 1.165) is 0 Å². The van der Waals surface area contributed by atoms with Gasteiger partial charge in [-0.25, -0.2) is 0 Å². The van der Waals surface area contributed by atoms with Crippen molar-refractivity contribution in [1.82, 2.24) is 4.90 Å². The third kappa shape index (κ3) is 3.98. The number of amides is 1. The number of nitrogens with zero attached hydrogens (tertiary/aromatic N) is 1. The summed E-state index contributed by atoms with van der Waals surface area (Å²) in [5.41, 5.74) is 6.14. The molecule has 19 heavy (non-hydrogen) atoms. The molecule has 0 atom stereocenters. The molecule has 0 heterocycles. The van der Waals surface area contributed by atoms with Crippen molar-refractivity contribution in [2.24, 2.45) is 0 Å². The third-order valence-electron chi connectivity index (χ3n) is 2.80. The van der Waals surface area contributed by atoms with Crippen LogP contribution in [-0.4, -0.2) is 34.0 Å². The fraction of sp³-hybridized carbons (Fsp3) is 0.429. The lowest BCUT2D eigenvalue weighted by Crippen LogP contribution is -2.46. The Morgan fingerprint density at radius 2 is 1.84 bits per heavy atom. The molecule has 1 rings (SSSR count). The number of aliphatic carboxylic acids is 1. The van der Waals surface area contributed by atoms with E-state index in [1.54, 1.807) is 24.3 Å². The average molecular weight is 264 g/mol. The van der Waals surface area contributed by atoms with Gasteiger partial charge in [-0.15, -0.1) is 0 Å². The number of benzene rings is 1. The SMILES string of the molecule is CC(C)(C)N(CCC(=O)O)C(=O)c1ccccc1N. The molecule has 0 bridgehead atoms. The minimum Gasteiger partial charge on any atom is -0.481 e. The number of hydrogen-bond acceptors (Lipinski definition) is 3. The van der Waals surface area contributed by atoms with Crippen LogP contribution in [0.5, 0.6) is 0 Å². The highest BCUT2D eigenvalue weighted by atomic mass is 16.4. The summed E-state index contributed by atoms with van der Waals surface area (Å²) in [6.45, 7) is 5.76. The van der Waals surface area contributed by atoms with Crippen LogP contribution in [0.4, 0.5) is 5.69 Å². The highest BCUT2D eigenvalue weighted by Crippen LogP contribution is 2.20. The van der Waals surface area contributed by atoms with Gasteiger partial charge in [-0.1, -0.05) is 12.1 Å². The van der Waals surface area contributed by atoms with E-state index in [-0.39, 0.29) is 18.9 Å². The van der Waals surface area contributed by atoms with Gasteiger partial charge in [0.1, 0.15) is 0 Å². The fourth-order valence-corrected chi connectivity index (χ4v) is 1.79. The molecular weight excluding hydrogens is 244 g/mol. The number of para-hydroxylation sites is 1. The smallest absolute Gasteiger partial charge is 0.305 e. The fourth-order valence-electron chi connectivity index (χ4n) is 1.79. The summed E-state index contributed by atoms with van der Waals surface area (Å²) in [6.07, 6.45) is -0.0876. The van der Waals surface area contributed by atoms with Gasteiger partial charge < -0.3 is 15.7 Å². The van der Waals surface area contributed by atoms with Crippen LogP contribution in [0.25, 0.3) is 0 Å². The van der Waals surface area contributed by atoms with Crippen LogP contribution < -0.4 is 5.73 Å². The quantitative estimate of drug-likeness (QED) is 0.814. The monoisotopic (exact) mass is 264 g/mol. The van der Waals surface area contributed by atoms with Crippen LogP contribution in [-0.2, 0) is 4.79 Å². The number of nitrogens with two attached hydrogens (primary N) is 1. The maximum absolute atomic E-state index is 12.5. The summed E-state index contributed by atoms with van der Waals surface area (Å²) >= 11 is 0. The molecule has 1 aromatic carbocycles. The van der Waals surface area contributed by atoms with Crippen LogP contribution in [0.15, 0.2) is 24.3 Å². The Morgan fingerprint density at radius 1 is 1.26 bits per heavy atom. The summed E-state index contributed by atoms with van der Waals surface area (Å²) in [7, 11) is 0. The summed E-state index contributed by atoms with van der Waals surface area (Å²) in [5.74, 6) is -1.17. The lowest BCUT2D eigenvalue weighted by molar-refractivity contribution is -0.137. The molecule has 0 fully saturated rings. The average Bonchev–Trinajstić information content (AvgIpc) is 2.27. The molecule has 3 N–H and O–H groups in total. The third-order valence-corrected chi connectivity index (χ3v) is 2.80. The van der Waals surface area contributed by atoms with Gasteiger partial charge in [-0.2, -0.15) is 0 Å². The van der Waals surface area contributed by atoms with Crippen LogP contribution in [0.1, 0.15) is 37.6 Å². The minimum absolute atomic E-state index is 0.0876. The zero-order valence-corrected chi connectivity index (χ0v) is 11.5. The first kappa shape index (κ1) is 15.0. The zero-order chi connectivity index (χ0) is 14.6. The highest BCUT2D eigenvalue weighted by molar-refractivity contribution is 5.99. The normalized spacial score (nSPS) is 11.1. The van der Waals surface area contributed by atoms with Crippen molar-refractivity contribution in [3.63, 3.8) is 0 Å². The molecule has 0 spiro atoms. The molecule has 5 nitrogen and oxygen atoms in total. The lowest BCUT2D eigenvalue weighted by atomic mass is 10.0. The second-order valence-electron chi connectivity index (χ2n) is 5.36. The van der Waals surface area contributed by atoms with E-state index >= 15 is 0 Å². The lowest BCUT2D eigenvalue weighted by Gasteiger charge is -2.35. The largest absolute Gasteiger partial charge is 0.481 e. The molecule has 0 aromatic heterocycles. The number of hydrogen-bond donors (Lipinski definition) is 2. The number of nitrogen functional groups attached to an aromatic ring is 1. The number of anilines is 1. The van der Waals surface area contributed by atoms with Crippen molar-refractivity contribution < 1.29 is 14.7 Å². The maximum Gasteiger partial charge on any atom is 0.305 e. The minimum atomic E-state index is -0.928. The number of carboxylic acid groups (broad SMARTS) is 1. The van der Waals surface area contributed by atoms with Crippen molar-refractivity contribution in [1.29, 1.82) is 0 Å². The topological polar surface area (TPSA) is 83.6 Å². The highest BCUT2D eigenvalue weighted by Gasteiger charge is 2.28. The molecule has 0 saturated carbocycles. The Hall–Kier alpha value is -2.04. The Kier molecular flexibility index (Phi) is 4.53. The van der Waals surface area contributed by atoms with Crippen molar-refractivity contribution >= 4 is 17.6 Å². The van der Waals surface area contributed by atoms with Crippen molar-refractivity contribution in [2.75, 3.05) is 12.3 Å². The van der Waals surface area contributed by atoms with Gasteiger partial charge >= 0.3 is 5.97 Å². The van der Waals surface area contributed by atoms with E-state index in [0.29, 0.717) is 11.3 Å². The number of rotatable bonds is 4. The van der Waals surface area contributed by atoms with E-state index < -0.39 is 11.5 Å². The predicted octanol–water partition coefficient (Wildman–Crippen LogP) is 1.98. The van der Waals surface area contributed by atoms with Gasteiger partial charge in [0, 0.05) is 17.8 Å². The van der Waals surface area contributed by atoms with Crippen LogP contribution >= 0.6 is 0 Å². The predicted molar refractivity (Wildman–Crippen MR) is 73.9 cm³/mol. The summed E-state index contributed by atoms with van der Waals surface area (Å²) in [5, 5.41) is 8.77. The van der Waals surface area contributed by atoms with Gasteiger partial charge in [0.05, 0.1) is 12.0 Å². The molecule has 1 aromatic rings. The second-order valence-corrected chi connectivity index (χ2v) is 5.36. The van der Waals surface area contributed by atoms with Crippen LogP contribution in [0, 0.1) is 0 Å². The Balaban J connectivity index is 3.02. The number of carboxylic acids is 1. The molecule has 104 valence electrons. The summed E-state index contributed by atoms with van der Waals surface area (Å²) < 4.78 is 0. The van der Waals surface area contributed by atoms with E-state index in [1.807, 2.05) is 20.8 Å². The Labute approximate surface area is 113 Å². The first-order valence-corrected chi connectivity index (χ1v) is 6.11. The number of carbonyl (C=O) groups excluding carboxylic acids is 1. The Bertz CT molecular complexity index is 478. The summed E-state index contributed by atoms with van der Waals surface area (Å²) in [4.78, 5) is 24.7. The first-order chi connectivity index (χ1) is 8.73. The molecule has 0 aliphatic heterocycles. The maximum atomic E-state index is 12.5. The molecule has 0 saturated heterocycles. The van der Waals surface area contributed by atoms with Gasteiger partial charge in [0.2, 0.25) is 0 Å². The molecule has 0 radical (unpaired) electrons. The van der Waals surface area contributed by atoms with Crippen molar-refractivity contribution in [2.45, 2.75) is 32.7 Å². The standard InChI is InChI=1S/C14H20N2O3/c1-14(2,3)16(9-8-12(17)18)13(19)10-6-4-5-7-11(10)15/h4-7H,8-9,15H2,1-3H3,(H,17,18). The van der Waals surface area contributed by atoms with Crippen molar-refractivity contribution in [3.8, 4) is 0 Å². The van der Waals surface area contributed by atoms with Crippen molar-refractivity contribution in [3.05, 3.63) is 29.8 Å². The van der Waals surface area contributed by atoms with Gasteiger partial charge in [-0.3, -0.25) is 9.59 Å². The summed E-state index contributed by atoms with van der Waals surface area (Å²) in [6, 6.07) is 6.80. The second kappa shape index (κ2) is 5.73. The first-order valence-electron chi connectivity index (χ1n) is 6.11. The molecule has 5 heteroatoms. The van der Waals surface area contributed by atoms with E-state index in [2.05, 4.69) is 0 Å². The Morgan fingerprint density at radius 3 is 2.32 bits per heavy atom. The van der Waals surface area contributed by atoms with Gasteiger partial charge in [0.15, 0.2) is 0 Å². The van der Waals surface area contributed by atoms with Gasteiger partial charge in [-0.05, 0) is 32.9 Å². The van der Waals surface area contributed by atoms with E-state index in [4.69, 9.17) is 10.8 Å².